The number of aliphatic hydroxyl groups excluding tert-OH is 3. The third-order valence-electron chi connectivity index (χ3n) is 21.9. The van der Waals surface area contributed by atoms with Crippen LogP contribution in [0.1, 0.15) is 123 Å². The van der Waals surface area contributed by atoms with Crippen LogP contribution in [0.15, 0.2) is 22.3 Å². The second-order valence-electron chi connectivity index (χ2n) is 26.4. The molecule has 6 aliphatic carbocycles. The molecular formula is C56H94Ac4B2N2O19. The van der Waals surface area contributed by atoms with E-state index in [4.69, 9.17) is 33.6 Å². The van der Waals surface area contributed by atoms with E-state index in [9.17, 15) is 59.9 Å². The second kappa shape index (κ2) is 29.8. The number of aliphatic hydroxyl groups is 7. The Morgan fingerprint density at radius 1 is 0.627 bits per heavy atom. The summed E-state index contributed by atoms with van der Waals surface area (Å²) in [5.74, 6) is -5.28. The maximum absolute atomic E-state index is 14.3. The monoisotopic (exact) mass is 2030 g/mol. The molecule has 0 aromatic carbocycles. The molecular weight excluding hydrogens is 1930 g/mol. The molecule has 27 heteroatoms. The van der Waals surface area contributed by atoms with Gasteiger partial charge in [-0.05, 0) is 114 Å². The summed E-state index contributed by atoms with van der Waals surface area (Å²) in [6.45, 7) is 28.3. The Balaban J connectivity index is 0.000000468. The molecule has 0 aromatic heterocycles. The molecule has 8 aliphatic rings. The number of ketones is 2. The fraction of sp³-hybridized carbons (Fsp3) is 0.857. The van der Waals surface area contributed by atoms with Crippen LogP contribution in [0.25, 0.3) is 0 Å². The van der Waals surface area contributed by atoms with Crippen molar-refractivity contribution in [2.75, 3.05) is 27.3 Å². The van der Waals surface area contributed by atoms with Gasteiger partial charge in [-0.15, -0.1) is 0 Å². The van der Waals surface area contributed by atoms with E-state index in [2.05, 4.69) is 10.6 Å². The Hall–Kier alpha value is 3.06. The van der Waals surface area contributed by atoms with Crippen molar-refractivity contribution >= 4 is 37.7 Å². The summed E-state index contributed by atoms with van der Waals surface area (Å²) < 4.78 is 27.5. The van der Waals surface area contributed by atoms with Crippen molar-refractivity contribution in [1.29, 1.82) is 0 Å². The molecule has 0 aromatic rings. The van der Waals surface area contributed by atoms with Gasteiger partial charge in [0.1, 0.15) is 29.5 Å². The number of carboxylic acids is 1. The van der Waals surface area contributed by atoms with Gasteiger partial charge in [0.05, 0.1) is 42.7 Å². The standard InChI is InChI=1S/C28H46BNO9.C22H34O6.C6H14BNO4.4Ac/c1-13-10-18-27(34,12-37-18)22-15(3)28(35)11-17(38-24(33)21(16(4)30-9)39-29(8)36)14(2)19(25(28,5)6)20(31)23(32)26(13,22)7;1-10-7-14-21(26,9-28-14)17-12(3)22(27)8-13(23)11(2)15(19(22,4)5)16(24)18(25)20(10,17)6;1-4(8-3)5(6(9)10)12-7(2)11;;;;/h13,15-18,20-22,30-31,34-36H,10-12H2,1-9H3;10,12-14,16-17,23-24,26-27H,7-9H2,1-6H3;4-5,8,11H,1-3H3,(H,9,10);;;;/t13-,15-,16-,17-,18+,20+,21+,22-,26+,27-,28+;10-,12-,13-,14+,16+,17-,20+,21-,22+;4-,5+;;;;/m000..../s1. The average molecular weight is 2030 g/mol. The summed E-state index contributed by atoms with van der Waals surface area (Å²) in [5.41, 5.74) is -7.81. The minimum Gasteiger partial charge on any atom is -0.479 e. The van der Waals surface area contributed by atoms with Crippen LogP contribution in [0.2, 0.25) is 13.6 Å². The number of hydrogen-bond donors (Lipinski definition) is 12. The summed E-state index contributed by atoms with van der Waals surface area (Å²) in [4.78, 5) is 52.0. The zero-order chi connectivity index (χ0) is 60.2. The molecule has 8 rings (SSSR count). The molecule has 4 bridgehead atoms. The zero-order valence-electron chi connectivity index (χ0n) is 52.1. The number of ether oxygens (including phenoxy) is 3. The van der Waals surface area contributed by atoms with E-state index in [0.717, 1.165) is 0 Å². The molecule has 12 N–H and O–H groups in total. The molecule has 2 saturated heterocycles. The molecule has 0 spiro atoms. The number of Topliss-reactive ketones (excluding diaryl/α,β-unsaturated/α-hetero) is 2. The van der Waals surface area contributed by atoms with Gasteiger partial charge in [-0.25, -0.2) is 9.59 Å². The van der Waals surface area contributed by atoms with Gasteiger partial charge in [0.15, 0.2) is 23.8 Å². The van der Waals surface area contributed by atoms with Gasteiger partial charge in [-0.3, -0.25) is 9.59 Å². The van der Waals surface area contributed by atoms with Gasteiger partial charge in [-0.2, -0.15) is 0 Å². The van der Waals surface area contributed by atoms with E-state index in [0.29, 0.717) is 35.1 Å². The van der Waals surface area contributed by atoms with Gasteiger partial charge in [-0.1, -0.05) is 69.2 Å². The zero-order valence-corrected chi connectivity index (χ0v) is 71.1. The van der Waals surface area contributed by atoms with E-state index in [-0.39, 0.29) is 232 Å². The molecule has 0 amide bonds. The van der Waals surface area contributed by atoms with Crippen molar-refractivity contribution in [3.8, 4) is 0 Å². The topological polar surface area (TPSA) is 341 Å². The van der Waals surface area contributed by atoms with Gasteiger partial charge < -0.3 is 85.1 Å². The Morgan fingerprint density at radius 3 is 1.31 bits per heavy atom. The van der Waals surface area contributed by atoms with Crippen LogP contribution in [0, 0.1) is 233 Å². The van der Waals surface area contributed by atoms with Crippen LogP contribution in [-0.4, -0.2) is 199 Å². The fourth-order valence-electron chi connectivity index (χ4n) is 16.4. The van der Waals surface area contributed by atoms with Crippen molar-refractivity contribution in [2.24, 2.45) is 57.2 Å². The summed E-state index contributed by atoms with van der Waals surface area (Å²) in [6, 6.07) is -0.828. The van der Waals surface area contributed by atoms with Crippen molar-refractivity contribution < 1.29 is 270 Å². The predicted octanol–water partition coefficient (Wildman–Crippen LogP) is 1.22. The number of fused-ring (bicyclic) bond motifs is 10. The van der Waals surface area contributed by atoms with Crippen LogP contribution < -0.4 is 10.6 Å². The van der Waals surface area contributed by atoms with Crippen molar-refractivity contribution in [2.45, 2.75) is 220 Å². The predicted molar refractivity (Wildman–Crippen MR) is 291 cm³/mol. The first kappa shape index (κ1) is 82.1. The maximum atomic E-state index is 14.3. The van der Waals surface area contributed by atoms with E-state index >= 15 is 0 Å². The fourth-order valence-corrected chi connectivity index (χ4v) is 16.4. The molecule has 460 valence electrons. The van der Waals surface area contributed by atoms with Gasteiger partial charge in [0.25, 0.3) is 0 Å². The van der Waals surface area contributed by atoms with Crippen LogP contribution in [-0.2, 0) is 42.7 Å². The summed E-state index contributed by atoms with van der Waals surface area (Å²) in [5, 5.41) is 115. The Labute approximate surface area is 635 Å². The molecule has 4 radical (unpaired) electrons. The average Bonchev–Trinajstić information content (AvgIpc) is 3.35. The number of rotatable bonds is 11. The minimum absolute atomic E-state index is 0. The first-order valence-corrected chi connectivity index (χ1v) is 28.2. The minimum atomic E-state index is -1.57. The van der Waals surface area contributed by atoms with Crippen LogP contribution >= 0.6 is 0 Å². The molecule has 4 saturated carbocycles. The SMILES string of the molecule is CC1=C2[C@@H](O)C(=O)[C@@]3(C)[C@H]([C@H](C)[C@](O)(C[C@@H]1O)C2(C)C)[C@]1(O)CO[C@@H]1C[C@@H]3C.CN[C@@H](C)[C@@H](OB(C)O)C(=O)O.CN[C@@H](C)[C@@H](OB(C)O)C(=O)O[C@H]1C[C@@]2(O)[C@@H](C)[C@@H]3[C@]4(O)CO[C@@H]4C[C@H](C)[C@@]3(C)C(=O)[C@H](O)C(=C1C)C2(C)C.[Ac].[Ac].[Ac].[Ac]. The smallest absolute Gasteiger partial charge is 0.451 e. The molecule has 2 aliphatic heterocycles. The Bertz CT molecular complexity index is 2430. The molecule has 6 fully saturated rings. The van der Waals surface area contributed by atoms with Crippen LogP contribution in [0.4, 0.5) is 0 Å². The Morgan fingerprint density at radius 2 is 0.976 bits per heavy atom. The number of aliphatic carboxylic acids is 1. The van der Waals surface area contributed by atoms with Crippen molar-refractivity contribution in [3.05, 3.63) is 22.3 Å². The summed E-state index contributed by atoms with van der Waals surface area (Å²) >= 11 is 0. The molecule has 2 heterocycles. The number of carboxylic acid groups (broad SMARTS) is 1. The third-order valence-corrected chi connectivity index (χ3v) is 21.9. The van der Waals surface area contributed by atoms with Crippen molar-refractivity contribution in [1.82, 2.24) is 10.6 Å². The first-order chi connectivity index (χ1) is 36.1. The van der Waals surface area contributed by atoms with Crippen molar-refractivity contribution in [3.63, 3.8) is 0 Å². The molecule has 83 heavy (non-hydrogen) atoms. The number of hydrogen-bond acceptors (Lipinski definition) is 20. The normalized spacial score (nSPS) is 42.0. The van der Waals surface area contributed by atoms with Gasteiger partial charge in [0, 0.05) is 235 Å². The van der Waals surface area contributed by atoms with E-state index in [1.807, 2.05) is 48.5 Å². The quantitative estimate of drug-likeness (QED) is 0.0786. The summed E-state index contributed by atoms with van der Waals surface area (Å²) in [6.07, 6.45) is -6.74. The molecule has 0 unspecified atom stereocenters. The number of esters is 1. The number of carbonyl (C=O) groups excluding carboxylic acids is 3. The molecule has 22 atom stereocenters. The van der Waals surface area contributed by atoms with Crippen LogP contribution in [0.3, 0.4) is 0 Å². The van der Waals surface area contributed by atoms with E-state index < -0.39 is 148 Å². The first-order valence-electron chi connectivity index (χ1n) is 28.2. The van der Waals surface area contributed by atoms with Crippen LogP contribution in [0.5, 0.6) is 0 Å². The van der Waals surface area contributed by atoms with E-state index in [1.165, 1.54) is 13.6 Å². The number of likely N-dealkylation sites (N-methyl/N-ethyl adjacent to an activating group) is 2. The third kappa shape index (κ3) is 13.7. The number of carbonyl (C=O) groups is 4. The molecule has 21 nitrogen and oxygen atoms in total. The maximum Gasteiger partial charge on any atom is 0.451 e. The second-order valence-corrected chi connectivity index (χ2v) is 26.4. The van der Waals surface area contributed by atoms with Gasteiger partial charge in [0.2, 0.25) is 0 Å². The number of nitrogens with one attached hydrogen (secondary N) is 2. The van der Waals surface area contributed by atoms with E-state index in [1.54, 1.807) is 62.6 Å². The summed E-state index contributed by atoms with van der Waals surface area (Å²) in [7, 11) is 0.997. The van der Waals surface area contributed by atoms with Gasteiger partial charge >= 0.3 is 26.2 Å². The Kier molecular flexibility index (Phi) is 29.5. The largest absolute Gasteiger partial charge is 0.479 e.